The quantitative estimate of drug-likeness (QED) is 0.815. The Morgan fingerprint density at radius 2 is 2.07 bits per heavy atom. The molecule has 1 unspecified atom stereocenters. The summed E-state index contributed by atoms with van der Waals surface area (Å²) in [7, 11) is 0. The molecule has 0 bridgehead atoms. The smallest absolute Gasteiger partial charge is 0.0657 e. The van der Waals surface area contributed by atoms with Gasteiger partial charge in [0.1, 0.15) is 0 Å². The minimum Gasteiger partial charge on any atom is -0.390 e. The van der Waals surface area contributed by atoms with E-state index < -0.39 is 5.60 Å². The van der Waals surface area contributed by atoms with Crippen LogP contribution in [0.4, 0.5) is 0 Å². The predicted molar refractivity (Wildman–Crippen MR) is 60.8 cm³/mol. The van der Waals surface area contributed by atoms with Crippen LogP contribution in [0.15, 0.2) is 18.2 Å². The highest BCUT2D eigenvalue weighted by Crippen LogP contribution is 2.21. The van der Waals surface area contributed by atoms with E-state index in [1.165, 1.54) is 0 Å². The predicted octanol–water partition coefficient (Wildman–Crippen LogP) is 3.35. The Bertz CT molecular complexity index is 318. The summed E-state index contributed by atoms with van der Waals surface area (Å²) in [5, 5.41) is 10.7. The van der Waals surface area contributed by atoms with Crippen molar-refractivity contribution in [2.24, 2.45) is 0 Å². The third-order valence-corrected chi connectivity index (χ3v) is 2.99. The molecule has 1 aromatic carbocycles. The van der Waals surface area contributed by atoms with Gasteiger partial charge in [0.25, 0.3) is 0 Å². The van der Waals surface area contributed by atoms with Gasteiger partial charge in [0, 0.05) is 11.4 Å². The molecule has 0 fully saturated rings. The molecule has 0 aliphatic heterocycles. The van der Waals surface area contributed by atoms with Crippen molar-refractivity contribution < 1.29 is 5.11 Å². The van der Waals surface area contributed by atoms with Crippen molar-refractivity contribution in [2.75, 3.05) is 0 Å². The molecule has 1 N–H and O–H groups in total. The van der Waals surface area contributed by atoms with Crippen molar-refractivity contribution in [3.05, 3.63) is 34.3 Å². The maximum atomic E-state index is 9.90. The van der Waals surface area contributed by atoms with Crippen LogP contribution in [-0.2, 0) is 6.42 Å². The average Bonchev–Trinajstić information content (AvgIpc) is 2.11. The summed E-state index contributed by atoms with van der Waals surface area (Å²) in [6, 6.07) is 5.89. The Kier molecular flexibility index (Phi) is 3.57. The number of aliphatic hydroxyl groups is 1. The van der Waals surface area contributed by atoms with Gasteiger partial charge in [-0.05, 0) is 37.5 Å². The summed E-state index contributed by atoms with van der Waals surface area (Å²) in [5.74, 6) is 0. The third-order valence-electron chi connectivity index (χ3n) is 2.57. The van der Waals surface area contributed by atoms with Crippen molar-refractivity contribution in [3.63, 3.8) is 0 Å². The summed E-state index contributed by atoms with van der Waals surface area (Å²) in [6.07, 6.45) is 1.44. The molecule has 0 aliphatic carbocycles. The van der Waals surface area contributed by atoms with E-state index in [2.05, 4.69) is 0 Å². The van der Waals surface area contributed by atoms with Gasteiger partial charge in [0.2, 0.25) is 0 Å². The minimum atomic E-state index is -0.611. The van der Waals surface area contributed by atoms with Gasteiger partial charge in [-0.3, -0.25) is 0 Å². The standard InChI is InChI=1S/C12H17ClO/c1-4-12(3,14)8-10-5-6-11(13)9(2)7-10/h5-7,14H,4,8H2,1-3H3. The largest absolute Gasteiger partial charge is 0.390 e. The van der Waals surface area contributed by atoms with Gasteiger partial charge in [-0.25, -0.2) is 0 Å². The monoisotopic (exact) mass is 212 g/mol. The van der Waals surface area contributed by atoms with Crippen LogP contribution >= 0.6 is 11.6 Å². The van der Waals surface area contributed by atoms with Crippen molar-refractivity contribution in [1.29, 1.82) is 0 Å². The van der Waals surface area contributed by atoms with E-state index in [0.29, 0.717) is 6.42 Å². The topological polar surface area (TPSA) is 20.2 Å². The number of aryl methyl sites for hydroxylation is 1. The van der Waals surface area contributed by atoms with Crippen molar-refractivity contribution in [1.82, 2.24) is 0 Å². The first-order valence-corrected chi connectivity index (χ1v) is 5.30. The van der Waals surface area contributed by atoms with Crippen LogP contribution in [0.25, 0.3) is 0 Å². The second-order valence-electron chi connectivity index (χ2n) is 4.11. The van der Waals surface area contributed by atoms with E-state index in [-0.39, 0.29) is 0 Å². The fraction of sp³-hybridized carbons (Fsp3) is 0.500. The van der Waals surface area contributed by atoms with Crippen LogP contribution in [0.1, 0.15) is 31.4 Å². The molecule has 0 heterocycles. The molecule has 1 nitrogen and oxygen atoms in total. The lowest BCUT2D eigenvalue weighted by molar-refractivity contribution is 0.0564. The van der Waals surface area contributed by atoms with E-state index in [1.54, 1.807) is 0 Å². The van der Waals surface area contributed by atoms with Crippen LogP contribution in [0.3, 0.4) is 0 Å². The highest BCUT2D eigenvalue weighted by Gasteiger charge is 2.18. The lowest BCUT2D eigenvalue weighted by Crippen LogP contribution is -2.25. The molecule has 0 spiro atoms. The van der Waals surface area contributed by atoms with Crippen molar-refractivity contribution in [3.8, 4) is 0 Å². The average molecular weight is 213 g/mol. The second kappa shape index (κ2) is 4.33. The van der Waals surface area contributed by atoms with Gasteiger partial charge < -0.3 is 5.11 Å². The molecule has 0 saturated heterocycles. The molecule has 2 heteroatoms. The van der Waals surface area contributed by atoms with Crippen LogP contribution in [0, 0.1) is 6.92 Å². The maximum Gasteiger partial charge on any atom is 0.0657 e. The highest BCUT2D eigenvalue weighted by atomic mass is 35.5. The number of hydrogen-bond acceptors (Lipinski definition) is 1. The summed E-state index contributed by atoms with van der Waals surface area (Å²) >= 11 is 5.92. The van der Waals surface area contributed by atoms with Gasteiger partial charge in [0.15, 0.2) is 0 Å². The maximum absolute atomic E-state index is 9.90. The molecule has 78 valence electrons. The highest BCUT2D eigenvalue weighted by molar-refractivity contribution is 6.31. The normalized spacial score (nSPS) is 15.2. The summed E-state index contributed by atoms with van der Waals surface area (Å²) < 4.78 is 0. The van der Waals surface area contributed by atoms with Gasteiger partial charge in [-0.2, -0.15) is 0 Å². The Hall–Kier alpha value is -0.530. The fourth-order valence-electron chi connectivity index (χ4n) is 1.38. The molecule has 0 radical (unpaired) electrons. The lowest BCUT2D eigenvalue weighted by Gasteiger charge is -2.21. The first-order chi connectivity index (χ1) is 6.44. The molecule has 1 aromatic rings. The molecule has 0 aromatic heterocycles. The summed E-state index contributed by atoms with van der Waals surface area (Å²) in [4.78, 5) is 0. The number of halogens is 1. The Labute approximate surface area is 90.7 Å². The van der Waals surface area contributed by atoms with E-state index in [0.717, 1.165) is 22.6 Å². The number of hydrogen-bond donors (Lipinski definition) is 1. The zero-order valence-electron chi connectivity index (χ0n) is 8.97. The molecule has 1 rings (SSSR count). The van der Waals surface area contributed by atoms with Crippen molar-refractivity contribution >= 4 is 11.6 Å². The van der Waals surface area contributed by atoms with Crippen LogP contribution in [0.2, 0.25) is 5.02 Å². The van der Waals surface area contributed by atoms with Crippen LogP contribution in [-0.4, -0.2) is 10.7 Å². The first-order valence-electron chi connectivity index (χ1n) is 4.92. The Morgan fingerprint density at radius 3 is 2.57 bits per heavy atom. The molecule has 0 saturated carbocycles. The lowest BCUT2D eigenvalue weighted by atomic mass is 9.93. The first kappa shape index (κ1) is 11.5. The Morgan fingerprint density at radius 1 is 1.43 bits per heavy atom. The summed E-state index contributed by atoms with van der Waals surface area (Å²) in [6.45, 7) is 5.83. The SMILES string of the molecule is CCC(C)(O)Cc1ccc(Cl)c(C)c1. The molecule has 0 amide bonds. The van der Waals surface area contributed by atoms with Crippen LogP contribution in [0.5, 0.6) is 0 Å². The van der Waals surface area contributed by atoms with E-state index in [4.69, 9.17) is 11.6 Å². The zero-order valence-corrected chi connectivity index (χ0v) is 9.73. The van der Waals surface area contributed by atoms with Gasteiger partial charge in [0.05, 0.1) is 5.60 Å². The minimum absolute atomic E-state index is 0.611. The van der Waals surface area contributed by atoms with Gasteiger partial charge in [-0.1, -0.05) is 30.7 Å². The zero-order chi connectivity index (χ0) is 10.8. The van der Waals surface area contributed by atoms with Crippen molar-refractivity contribution in [2.45, 2.75) is 39.2 Å². The Balaban J connectivity index is 2.83. The molecule has 1 atom stereocenters. The van der Waals surface area contributed by atoms with Crippen LogP contribution < -0.4 is 0 Å². The van der Waals surface area contributed by atoms with E-state index in [9.17, 15) is 5.11 Å². The van der Waals surface area contributed by atoms with E-state index >= 15 is 0 Å². The van der Waals surface area contributed by atoms with E-state index in [1.807, 2.05) is 39.0 Å². The molecule has 0 aliphatic rings. The second-order valence-corrected chi connectivity index (χ2v) is 4.52. The molecular weight excluding hydrogens is 196 g/mol. The molecule has 14 heavy (non-hydrogen) atoms. The fourth-order valence-corrected chi connectivity index (χ4v) is 1.50. The third kappa shape index (κ3) is 3.00. The van der Waals surface area contributed by atoms with Gasteiger partial charge in [-0.15, -0.1) is 0 Å². The number of benzene rings is 1. The molecular formula is C12H17ClO. The van der Waals surface area contributed by atoms with Gasteiger partial charge >= 0.3 is 0 Å². The summed E-state index contributed by atoms with van der Waals surface area (Å²) in [5.41, 5.74) is 1.59. The number of rotatable bonds is 3.